The smallest absolute Gasteiger partial charge is 0.254 e. The Morgan fingerprint density at radius 2 is 1.97 bits per heavy atom. The zero-order valence-electron chi connectivity index (χ0n) is 17.5. The zero-order valence-corrected chi connectivity index (χ0v) is 17.5. The van der Waals surface area contributed by atoms with Crippen LogP contribution in [0.25, 0.3) is 11.1 Å². The summed E-state index contributed by atoms with van der Waals surface area (Å²) in [5.74, 6) is 3.57. The van der Waals surface area contributed by atoms with Gasteiger partial charge < -0.3 is 16.0 Å². The first-order valence-electron chi connectivity index (χ1n) is 10.3. The molecule has 3 aromatic rings. The molecular weight excluding hydrogens is 386 g/mol. The maximum atomic E-state index is 12.3. The van der Waals surface area contributed by atoms with Crippen molar-refractivity contribution in [2.45, 2.75) is 31.7 Å². The third-order valence-electron chi connectivity index (χ3n) is 6.19. The number of pyridine rings is 2. The molecule has 3 N–H and O–H groups in total. The highest BCUT2D eigenvalue weighted by molar-refractivity contribution is 6.05. The molecule has 1 aliphatic carbocycles. The van der Waals surface area contributed by atoms with Crippen molar-refractivity contribution < 1.29 is 4.79 Å². The summed E-state index contributed by atoms with van der Waals surface area (Å²) in [5.41, 5.74) is 7.34. The molecule has 3 heterocycles. The van der Waals surface area contributed by atoms with Crippen LogP contribution in [-0.4, -0.2) is 22.9 Å². The number of aromatic nitrogens is 2. The quantitative estimate of drug-likeness (QED) is 0.552. The summed E-state index contributed by atoms with van der Waals surface area (Å²) in [7, 11) is 1.83. The molecule has 0 bridgehead atoms. The number of hydrogen-bond donors (Lipinski definition) is 3. The van der Waals surface area contributed by atoms with E-state index in [2.05, 4.69) is 38.8 Å². The Balaban J connectivity index is 1.42. The largest absolute Gasteiger partial charge is 0.387 e. The standard InChI is InChI=1S/C25H23N5O/c1-4-25(9-10-25)21-8-5-16(12-27-21)30-22-11-15(2)18(13-28-22)17-6-7-20(26-3)23-19(17)14-29-24(23)31/h1,5-8,11-13,26H,9-10,14H2,2-3H3,(H,28,30)(H,29,31). The molecular formula is C25H23N5O. The van der Waals surface area contributed by atoms with Gasteiger partial charge in [0.25, 0.3) is 5.91 Å². The Kier molecular flexibility index (Phi) is 4.40. The predicted molar refractivity (Wildman–Crippen MR) is 122 cm³/mol. The molecule has 154 valence electrons. The van der Waals surface area contributed by atoms with Gasteiger partial charge in [-0.3, -0.25) is 9.78 Å². The molecule has 6 heteroatoms. The number of carbonyl (C=O) groups excluding carboxylic acids is 1. The molecule has 6 nitrogen and oxygen atoms in total. The Morgan fingerprint density at radius 3 is 2.61 bits per heavy atom. The molecule has 1 amide bonds. The number of terminal acetylenes is 1. The molecule has 0 unspecified atom stereocenters. The van der Waals surface area contributed by atoms with Crippen LogP contribution in [0.1, 0.15) is 40.0 Å². The van der Waals surface area contributed by atoms with Crippen LogP contribution >= 0.6 is 0 Å². The molecule has 0 spiro atoms. The molecule has 0 saturated heterocycles. The van der Waals surface area contributed by atoms with Gasteiger partial charge in [-0.15, -0.1) is 6.42 Å². The topological polar surface area (TPSA) is 78.9 Å². The van der Waals surface area contributed by atoms with Crippen molar-refractivity contribution in [2.75, 3.05) is 17.7 Å². The van der Waals surface area contributed by atoms with Crippen molar-refractivity contribution in [1.82, 2.24) is 15.3 Å². The minimum Gasteiger partial charge on any atom is -0.387 e. The lowest BCUT2D eigenvalue weighted by Crippen LogP contribution is -2.13. The van der Waals surface area contributed by atoms with Crippen molar-refractivity contribution in [3.05, 3.63) is 65.1 Å². The van der Waals surface area contributed by atoms with Gasteiger partial charge in [0.1, 0.15) is 5.82 Å². The van der Waals surface area contributed by atoms with E-state index in [0.29, 0.717) is 12.1 Å². The van der Waals surface area contributed by atoms with E-state index >= 15 is 0 Å². The van der Waals surface area contributed by atoms with Crippen molar-refractivity contribution in [3.63, 3.8) is 0 Å². The van der Waals surface area contributed by atoms with Crippen molar-refractivity contribution in [3.8, 4) is 23.5 Å². The van der Waals surface area contributed by atoms with Crippen LogP contribution in [-0.2, 0) is 12.0 Å². The number of carbonyl (C=O) groups is 1. The maximum Gasteiger partial charge on any atom is 0.254 e. The van der Waals surface area contributed by atoms with Gasteiger partial charge >= 0.3 is 0 Å². The molecule has 1 saturated carbocycles. The first-order chi connectivity index (χ1) is 15.0. The number of aryl methyl sites for hydroxylation is 1. The summed E-state index contributed by atoms with van der Waals surface area (Å²) in [5, 5.41) is 9.35. The highest BCUT2D eigenvalue weighted by Gasteiger charge is 2.43. The number of fused-ring (bicyclic) bond motifs is 1. The van der Waals surface area contributed by atoms with Crippen LogP contribution in [0.15, 0.2) is 42.7 Å². The van der Waals surface area contributed by atoms with Gasteiger partial charge in [0, 0.05) is 31.0 Å². The fourth-order valence-corrected chi connectivity index (χ4v) is 4.21. The number of nitrogens with one attached hydrogen (secondary N) is 3. The van der Waals surface area contributed by atoms with Crippen LogP contribution in [0.2, 0.25) is 0 Å². The van der Waals surface area contributed by atoms with Crippen molar-refractivity contribution in [2.24, 2.45) is 0 Å². The first kappa shape index (κ1) is 19.1. The van der Waals surface area contributed by atoms with E-state index in [1.807, 2.05) is 43.6 Å². The highest BCUT2D eigenvalue weighted by atomic mass is 16.1. The van der Waals surface area contributed by atoms with E-state index in [4.69, 9.17) is 6.42 Å². The SMILES string of the molecule is C#CC1(c2ccc(Nc3cc(C)c(-c4ccc(NC)c5c4CNC5=O)cn3)cn2)CC1. The number of amides is 1. The molecule has 1 aliphatic heterocycles. The fourth-order valence-electron chi connectivity index (χ4n) is 4.21. The van der Waals surface area contributed by atoms with Crippen molar-refractivity contribution >= 4 is 23.1 Å². The highest BCUT2D eigenvalue weighted by Crippen LogP contribution is 2.46. The number of benzene rings is 1. The van der Waals surface area contributed by atoms with E-state index in [1.165, 1.54) is 0 Å². The molecule has 31 heavy (non-hydrogen) atoms. The van der Waals surface area contributed by atoms with Gasteiger partial charge in [-0.25, -0.2) is 4.98 Å². The number of hydrogen-bond acceptors (Lipinski definition) is 5. The van der Waals surface area contributed by atoms with Gasteiger partial charge in [0.15, 0.2) is 0 Å². The van der Waals surface area contributed by atoms with Gasteiger partial charge in [0.05, 0.1) is 28.6 Å². The van der Waals surface area contributed by atoms with Crippen molar-refractivity contribution in [1.29, 1.82) is 0 Å². The van der Waals surface area contributed by atoms with E-state index in [-0.39, 0.29) is 11.3 Å². The van der Waals surface area contributed by atoms with Gasteiger partial charge in [0.2, 0.25) is 0 Å². The Labute approximate surface area is 181 Å². The molecule has 2 aromatic heterocycles. The summed E-state index contributed by atoms with van der Waals surface area (Å²) in [6.07, 6.45) is 11.3. The van der Waals surface area contributed by atoms with E-state index in [0.717, 1.165) is 58.0 Å². The second-order valence-electron chi connectivity index (χ2n) is 8.11. The minimum atomic E-state index is -0.158. The van der Waals surface area contributed by atoms with Crippen LogP contribution in [0, 0.1) is 19.3 Å². The van der Waals surface area contributed by atoms with Crippen LogP contribution in [0.4, 0.5) is 17.2 Å². The molecule has 2 aliphatic rings. The lowest BCUT2D eigenvalue weighted by atomic mass is 9.94. The lowest BCUT2D eigenvalue weighted by molar-refractivity contribution is 0.0966. The summed E-state index contributed by atoms with van der Waals surface area (Å²) in [6, 6.07) is 9.98. The molecule has 0 atom stereocenters. The third kappa shape index (κ3) is 3.19. The average molecular weight is 409 g/mol. The van der Waals surface area contributed by atoms with Gasteiger partial charge in [-0.1, -0.05) is 12.0 Å². The minimum absolute atomic E-state index is 0.0427. The van der Waals surface area contributed by atoms with E-state index in [1.54, 1.807) is 6.20 Å². The van der Waals surface area contributed by atoms with Crippen LogP contribution in [0.5, 0.6) is 0 Å². The van der Waals surface area contributed by atoms with E-state index < -0.39 is 0 Å². The predicted octanol–water partition coefficient (Wildman–Crippen LogP) is 4.15. The summed E-state index contributed by atoms with van der Waals surface area (Å²) < 4.78 is 0. The molecule has 5 rings (SSSR count). The second-order valence-corrected chi connectivity index (χ2v) is 8.11. The second kappa shape index (κ2) is 7.13. The van der Waals surface area contributed by atoms with Crippen LogP contribution < -0.4 is 16.0 Å². The Hall–Kier alpha value is -3.85. The lowest BCUT2D eigenvalue weighted by Gasteiger charge is -2.14. The first-order valence-corrected chi connectivity index (χ1v) is 10.3. The summed E-state index contributed by atoms with van der Waals surface area (Å²) in [4.78, 5) is 21.4. The maximum absolute atomic E-state index is 12.3. The summed E-state index contributed by atoms with van der Waals surface area (Å²) in [6.45, 7) is 2.57. The normalized spacial score (nSPS) is 15.6. The van der Waals surface area contributed by atoms with Gasteiger partial charge in [-0.2, -0.15) is 0 Å². The molecule has 1 aromatic carbocycles. The van der Waals surface area contributed by atoms with E-state index in [9.17, 15) is 4.79 Å². The number of anilines is 3. The fraction of sp³-hybridized carbons (Fsp3) is 0.240. The Bertz CT molecular complexity index is 1240. The monoisotopic (exact) mass is 409 g/mol. The number of rotatable bonds is 5. The Morgan fingerprint density at radius 1 is 1.13 bits per heavy atom. The summed E-state index contributed by atoms with van der Waals surface area (Å²) >= 11 is 0. The number of nitrogens with zero attached hydrogens (tertiary/aromatic N) is 2. The van der Waals surface area contributed by atoms with Crippen LogP contribution in [0.3, 0.4) is 0 Å². The van der Waals surface area contributed by atoms with Gasteiger partial charge in [-0.05, 0) is 60.7 Å². The molecule has 1 fully saturated rings. The molecule has 0 radical (unpaired) electrons. The third-order valence-corrected chi connectivity index (χ3v) is 6.19. The zero-order chi connectivity index (χ0) is 21.6. The average Bonchev–Trinajstić information content (AvgIpc) is 3.50.